The van der Waals surface area contributed by atoms with Crippen molar-refractivity contribution >= 4 is 22.4 Å². The van der Waals surface area contributed by atoms with Crippen molar-refractivity contribution in [2.45, 2.75) is 6.61 Å². The molecule has 5 aromatic rings. The Morgan fingerprint density at radius 2 is 1.83 bits per heavy atom. The first-order valence-electron chi connectivity index (χ1n) is 9.35. The molecular formula is C23H16N4O2S. The Kier molecular flexibility index (Phi) is 4.78. The van der Waals surface area contributed by atoms with E-state index < -0.39 is 0 Å². The third-order valence-electron chi connectivity index (χ3n) is 4.53. The highest BCUT2D eigenvalue weighted by Gasteiger charge is 2.11. The van der Waals surface area contributed by atoms with Crippen LogP contribution < -0.4 is 14.8 Å². The lowest BCUT2D eigenvalue weighted by atomic mass is 10.2. The Hall–Kier alpha value is -3.84. The van der Waals surface area contributed by atoms with Crippen LogP contribution in [0.15, 0.2) is 83.9 Å². The predicted octanol–water partition coefficient (Wildman–Crippen LogP) is 3.34. The van der Waals surface area contributed by atoms with Gasteiger partial charge in [0.1, 0.15) is 12.4 Å². The SMILES string of the molecule is O=c1c(=Cc2ccc(OCc3ccccc3)cc2)sc2nc(-c3cccnc3)nn12. The molecule has 6 nitrogen and oxygen atoms in total. The molecule has 0 radical (unpaired) electrons. The molecule has 0 bridgehead atoms. The Morgan fingerprint density at radius 1 is 1.00 bits per heavy atom. The molecule has 2 aromatic carbocycles. The Labute approximate surface area is 175 Å². The van der Waals surface area contributed by atoms with Crippen LogP contribution in [0.1, 0.15) is 11.1 Å². The Bertz CT molecular complexity index is 1400. The van der Waals surface area contributed by atoms with Crippen molar-refractivity contribution in [2.24, 2.45) is 0 Å². The summed E-state index contributed by atoms with van der Waals surface area (Å²) in [6.45, 7) is 0.516. The standard InChI is InChI=1S/C23H16N4O2S/c28-22-20(30-23-25-21(26-27(22)23)18-7-4-12-24-14-18)13-16-8-10-19(11-9-16)29-15-17-5-2-1-3-6-17/h1-14H,15H2. The van der Waals surface area contributed by atoms with Gasteiger partial charge in [-0.15, -0.1) is 5.10 Å². The number of fused-ring (bicyclic) bond motifs is 1. The maximum Gasteiger partial charge on any atom is 0.291 e. The van der Waals surface area contributed by atoms with Gasteiger partial charge in [-0.2, -0.15) is 9.50 Å². The van der Waals surface area contributed by atoms with Crippen LogP contribution >= 0.6 is 11.3 Å². The topological polar surface area (TPSA) is 69.4 Å². The molecule has 30 heavy (non-hydrogen) atoms. The van der Waals surface area contributed by atoms with Crippen LogP contribution in [0.25, 0.3) is 22.4 Å². The maximum absolute atomic E-state index is 12.7. The monoisotopic (exact) mass is 412 g/mol. The molecule has 0 saturated heterocycles. The van der Waals surface area contributed by atoms with Crippen LogP contribution in [0.3, 0.4) is 0 Å². The molecule has 0 aliphatic rings. The normalized spacial score (nSPS) is 11.8. The van der Waals surface area contributed by atoms with E-state index in [1.807, 2.05) is 72.8 Å². The second-order valence-electron chi connectivity index (χ2n) is 6.63. The summed E-state index contributed by atoms with van der Waals surface area (Å²) in [5, 5.41) is 4.34. The zero-order valence-corrected chi connectivity index (χ0v) is 16.6. The van der Waals surface area contributed by atoms with Gasteiger partial charge in [0, 0.05) is 18.0 Å². The summed E-state index contributed by atoms with van der Waals surface area (Å²) in [4.78, 5) is 21.8. The molecule has 0 unspecified atom stereocenters. The van der Waals surface area contributed by atoms with Gasteiger partial charge in [-0.25, -0.2) is 0 Å². The van der Waals surface area contributed by atoms with E-state index in [9.17, 15) is 4.79 Å². The molecule has 0 fully saturated rings. The van der Waals surface area contributed by atoms with Crippen LogP contribution in [0.4, 0.5) is 0 Å². The summed E-state index contributed by atoms with van der Waals surface area (Å²) < 4.78 is 7.74. The van der Waals surface area contributed by atoms with Crippen molar-refractivity contribution in [1.29, 1.82) is 0 Å². The minimum Gasteiger partial charge on any atom is -0.489 e. The second-order valence-corrected chi connectivity index (χ2v) is 7.64. The molecule has 5 rings (SSSR count). The molecule has 146 valence electrons. The predicted molar refractivity (Wildman–Crippen MR) is 116 cm³/mol. The van der Waals surface area contributed by atoms with E-state index in [1.165, 1.54) is 15.9 Å². The van der Waals surface area contributed by atoms with Crippen LogP contribution in [-0.4, -0.2) is 19.6 Å². The first kappa shape index (κ1) is 18.2. The number of pyridine rings is 1. The minimum atomic E-state index is -0.179. The van der Waals surface area contributed by atoms with E-state index in [4.69, 9.17) is 4.74 Å². The van der Waals surface area contributed by atoms with Gasteiger partial charge >= 0.3 is 0 Å². The van der Waals surface area contributed by atoms with Crippen molar-refractivity contribution < 1.29 is 4.74 Å². The van der Waals surface area contributed by atoms with E-state index in [1.54, 1.807) is 12.4 Å². The number of ether oxygens (including phenoxy) is 1. The van der Waals surface area contributed by atoms with Crippen LogP contribution in [0.2, 0.25) is 0 Å². The molecular weight excluding hydrogens is 396 g/mol. The molecule has 0 aliphatic heterocycles. The van der Waals surface area contributed by atoms with Crippen molar-refractivity contribution in [2.75, 3.05) is 0 Å². The number of nitrogens with zero attached hydrogens (tertiary/aromatic N) is 4. The summed E-state index contributed by atoms with van der Waals surface area (Å²) in [6, 6.07) is 21.3. The van der Waals surface area contributed by atoms with Gasteiger partial charge in [0.05, 0.1) is 4.53 Å². The highest BCUT2D eigenvalue weighted by Crippen LogP contribution is 2.16. The highest BCUT2D eigenvalue weighted by atomic mass is 32.1. The fraction of sp³-hybridized carbons (Fsp3) is 0.0435. The van der Waals surface area contributed by atoms with Crippen molar-refractivity contribution in [3.8, 4) is 17.1 Å². The van der Waals surface area contributed by atoms with Gasteiger partial charge in [-0.05, 0) is 41.5 Å². The van der Waals surface area contributed by atoms with E-state index in [0.29, 0.717) is 21.9 Å². The maximum atomic E-state index is 12.7. The summed E-state index contributed by atoms with van der Waals surface area (Å²) in [6.07, 6.45) is 5.21. The molecule has 0 spiro atoms. The summed E-state index contributed by atoms with van der Waals surface area (Å²) in [5.41, 5.74) is 2.63. The smallest absolute Gasteiger partial charge is 0.291 e. The molecule has 7 heteroatoms. The fourth-order valence-corrected chi connectivity index (χ4v) is 3.91. The average Bonchev–Trinajstić information content (AvgIpc) is 3.34. The zero-order valence-electron chi connectivity index (χ0n) is 15.8. The molecule has 0 N–H and O–H groups in total. The van der Waals surface area contributed by atoms with E-state index in [0.717, 1.165) is 22.4 Å². The lowest BCUT2D eigenvalue weighted by Crippen LogP contribution is -2.23. The minimum absolute atomic E-state index is 0.179. The number of benzene rings is 2. The largest absolute Gasteiger partial charge is 0.489 e. The molecule has 3 aromatic heterocycles. The third kappa shape index (κ3) is 3.70. The van der Waals surface area contributed by atoms with Gasteiger partial charge in [0.15, 0.2) is 5.82 Å². The first-order chi connectivity index (χ1) is 14.8. The lowest BCUT2D eigenvalue weighted by Gasteiger charge is -2.06. The van der Waals surface area contributed by atoms with E-state index in [-0.39, 0.29) is 5.56 Å². The van der Waals surface area contributed by atoms with Gasteiger partial charge in [-0.1, -0.05) is 53.8 Å². The van der Waals surface area contributed by atoms with E-state index >= 15 is 0 Å². The van der Waals surface area contributed by atoms with Crippen LogP contribution in [0.5, 0.6) is 5.75 Å². The summed E-state index contributed by atoms with van der Waals surface area (Å²) in [7, 11) is 0. The molecule has 0 atom stereocenters. The van der Waals surface area contributed by atoms with Crippen LogP contribution in [-0.2, 0) is 6.61 Å². The third-order valence-corrected chi connectivity index (χ3v) is 5.49. The fourth-order valence-electron chi connectivity index (χ4n) is 3.00. The number of hydrogen-bond donors (Lipinski definition) is 0. The Morgan fingerprint density at radius 3 is 2.57 bits per heavy atom. The second kappa shape index (κ2) is 7.88. The van der Waals surface area contributed by atoms with Gasteiger partial charge in [-0.3, -0.25) is 9.78 Å². The number of rotatable bonds is 5. The van der Waals surface area contributed by atoms with Gasteiger partial charge < -0.3 is 4.74 Å². The molecule has 0 saturated carbocycles. The number of thiazole rings is 1. The quantitative estimate of drug-likeness (QED) is 0.443. The number of hydrogen-bond acceptors (Lipinski definition) is 6. The van der Waals surface area contributed by atoms with Crippen molar-refractivity contribution in [3.63, 3.8) is 0 Å². The van der Waals surface area contributed by atoms with Crippen molar-refractivity contribution in [1.82, 2.24) is 19.6 Å². The van der Waals surface area contributed by atoms with Gasteiger partial charge in [0.2, 0.25) is 4.96 Å². The lowest BCUT2D eigenvalue weighted by molar-refractivity contribution is 0.306. The molecule has 0 amide bonds. The zero-order chi connectivity index (χ0) is 20.3. The highest BCUT2D eigenvalue weighted by molar-refractivity contribution is 7.15. The first-order valence-corrected chi connectivity index (χ1v) is 10.2. The van der Waals surface area contributed by atoms with Crippen LogP contribution in [0, 0.1) is 0 Å². The summed E-state index contributed by atoms with van der Waals surface area (Å²) in [5.74, 6) is 1.28. The van der Waals surface area contributed by atoms with E-state index in [2.05, 4.69) is 15.1 Å². The number of aromatic nitrogens is 4. The molecule has 0 aliphatic carbocycles. The average molecular weight is 412 g/mol. The van der Waals surface area contributed by atoms with Crippen molar-refractivity contribution in [3.05, 3.63) is 105 Å². The molecule has 3 heterocycles. The Balaban J connectivity index is 1.37. The summed E-state index contributed by atoms with van der Waals surface area (Å²) >= 11 is 1.32. The van der Waals surface area contributed by atoms with Gasteiger partial charge in [0.25, 0.3) is 5.56 Å².